The second kappa shape index (κ2) is 4.45. The largest absolute Gasteiger partial charge is 0.459 e. The van der Waals surface area contributed by atoms with E-state index in [4.69, 9.17) is 4.74 Å². The third-order valence-corrected chi connectivity index (χ3v) is 2.10. The van der Waals surface area contributed by atoms with E-state index in [0.717, 1.165) is 4.48 Å². The minimum Gasteiger partial charge on any atom is -0.459 e. The van der Waals surface area contributed by atoms with Gasteiger partial charge in [-0.15, -0.1) is 0 Å². The number of nitrogens with zero attached hydrogens (tertiary/aromatic N) is 1. The summed E-state index contributed by atoms with van der Waals surface area (Å²) in [7, 11) is 6.26. The van der Waals surface area contributed by atoms with Crippen molar-refractivity contribution in [2.75, 3.05) is 27.7 Å². The lowest BCUT2D eigenvalue weighted by molar-refractivity contribution is -0.894. The van der Waals surface area contributed by atoms with Crippen molar-refractivity contribution in [2.45, 2.75) is 26.3 Å². The van der Waals surface area contributed by atoms with Crippen molar-refractivity contribution in [3.63, 3.8) is 0 Å². The van der Waals surface area contributed by atoms with Crippen molar-refractivity contribution < 1.29 is 14.0 Å². The molecule has 0 N–H and O–H groups in total. The quantitative estimate of drug-likeness (QED) is 0.470. The van der Waals surface area contributed by atoms with Gasteiger partial charge in [-0.1, -0.05) is 6.92 Å². The summed E-state index contributed by atoms with van der Waals surface area (Å²) in [5, 5.41) is 0. The third kappa shape index (κ3) is 4.34. The maximum atomic E-state index is 10.8. The van der Waals surface area contributed by atoms with Crippen LogP contribution in [-0.2, 0) is 9.53 Å². The Bertz CT molecular complexity index is 149. The molecule has 12 heavy (non-hydrogen) atoms. The van der Waals surface area contributed by atoms with E-state index in [1.807, 2.05) is 0 Å². The van der Waals surface area contributed by atoms with Gasteiger partial charge in [-0.05, 0) is 6.92 Å². The summed E-state index contributed by atoms with van der Waals surface area (Å²) in [4.78, 5) is 10.8. The molecule has 0 bridgehead atoms. The molecule has 0 amide bonds. The van der Waals surface area contributed by atoms with Crippen LogP contribution in [0.4, 0.5) is 0 Å². The van der Waals surface area contributed by atoms with Crippen LogP contribution in [0.5, 0.6) is 0 Å². The van der Waals surface area contributed by atoms with Crippen LogP contribution in [0.2, 0.25) is 0 Å². The SMILES string of the molecule is CCC(=O)OCC(C)[N+](C)(C)C. The van der Waals surface area contributed by atoms with E-state index in [0.29, 0.717) is 19.1 Å². The van der Waals surface area contributed by atoms with Gasteiger partial charge in [0.05, 0.1) is 21.1 Å². The zero-order valence-corrected chi connectivity index (χ0v) is 8.76. The molecule has 3 nitrogen and oxygen atoms in total. The highest BCUT2D eigenvalue weighted by Gasteiger charge is 2.19. The second-order valence-electron chi connectivity index (χ2n) is 4.00. The highest BCUT2D eigenvalue weighted by molar-refractivity contribution is 5.68. The van der Waals surface area contributed by atoms with Crippen molar-refractivity contribution in [1.82, 2.24) is 0 Å². The maximum Gasteiger partial charge on any atom is 0.305 e. The smallest absolute Gasteiger partial charge is 0.305 e. The normalized spacial score (nSPS) is 14.1. The van der Waals surface area contributed by atoms with Crippen LogP contribution < -0.4 is 0 Å². The Kier molecular flexibility index (Phi) is 4.24. The molecule has 0 aromatic carbocycles. The van der Waals surface area contributed by atoms with Crippen molar-refractivity contribution >= 4 is 5.97 Å². The molecule has 0 saturated heterocycles. The molecule has 0 saturated carbocycles. The molecule has 0 spiro atoms. The van der Waals surface area contributed by atoms with Gasteiger partial charge >= 0.3 is 5.97 Å². The standard InChI is InChI=1S/C9H20NO2/c1-6-9(11)12-7-8(2)10(3,4)5/h8H,6-7H2,1-5H3/q+1. The Balaban J connectivity index is 3.72. The fraction of sp³-hybridized carbons (Fsp3) is 0.889. The molecule has 0 radical (unpaired) electrons. The maximum absolute atomic E-state index is 10.8. The fourth-order valence-electron chi connectivity index (χ4n) is 0.539. The highest BCUT2D eigenvalue weighted by Crippen LogP contribution is 2.02. The number of hydrogen-bond acceptors (Lipinski definition) is 2. The van der Waals surface area contributed by atoms with Crippen molar-refractivity contribution in [1.29, 1.82) is 0 Å². The predicted octanol–water partition coefficient (Wildman–Crippen LogP) is 1.03. The van der Waals surface area contributed by atoms with Gasteiger partial charge in [-0.3, -0.25) is 4.79 Å². The molecule has 0 rings (SSSR count). The number of carbonyl (C=O) groups is 1. The van der Waals surface area contributed by atoms with Crippen LogP contribution in [0.15, 0.2) is 0 Å². The van der Waals surface area contributed by atoms with Gasteiger partial charge in [0.25, 0.3) is 0 Å². The summed E-state index contributed by atoms with van der Waals surface area (Å²) in [5.41, 5.74) is 0. The average molecular weight is 174 g/mol. The van der Waals surface area contributed by atoms with Gasteiger partial charge in [-0.25, -0.2) is 0 Å². The zero-order valence-electron chi connectivity index (χ0n) is 8.76. The molecule has 1 unspecified atom stereocenters. The van der Waals surface area contributed by atoms with E-state index in [2.05, 4.69) is 28.1 Å². The second-order valence-corrected chi connectivity index (χ2v) is 4.00. The highest BCUT2D eigenvalue weighted by atomic mass is 16.5. The zero-order chi connectivity index (χ0) is 9.78. The third-order valence-electron chi connectivity index (χ3n) is 2.10. The van der Waals surface area contributed by atoms with Gasteiger partial charge in [0.2, 0.25) is 0 Å². The molecule has 3 heteroatoms. The van der Waals surface area contributed by atoms with Crippen LogP contribution in [0, 0.1) is 0 Å². The van der Waals surface area contributed by atoms with E-state index >= 15 is 0 Å². The molecular weight excluding hydrogens is 154 g/mol. The van der Waals surface area contributed by atoms with Crippen LogP contribution in [0.3, 0.4) is 0 Å². The predicted molar refractivity (Wildman–Crippen MR) is 48.7 cm³/mol. The number of carbonyl (C=O) groups excluding carboxylic acids is 1. The molecule has 0 aliphatic rings. The first kappa shape index (κ1) is 11.4. The van der Waals surface area contributed by atoms with E-state index in [9.17, 15) is 4.79 Å². The summed E-state index contributed by atoms with van der Waals surface area (Å²) in [6, 6.07) is 0.348. The number of hydrogen-bond donors (Lipinski definition) is 0. The van der Waals surface area contributed by atoms with Crippen LogP contribution in [0.1, 0.15) is 20.3 Å². The van der Waals surface area contributed by atoms with Gasteiger partial charge in [-0.2, -0.15) is 0 Å². The number of likely N-dealkylation sites (N-methyl/N-ethyl adjacent to an activating group) is 1. The number of quaternary nitrogens is 1. The number of rotatable bonds is 4. The summed E-state index contributed by atoms with van der Waals surface area (Å²) in [5.74, 6) is -0.115. The lowest BCUT2D eigenvalue weighted by Gasteiger charge is -2.30. The van der Waals surface area contributed by atoms with Gasteiger partial charge in [0.15, 0.2) is 0 Å². The monoisotopic (exact) mass is 174 g/mol. The Morgan fingerprint density at radius 1 is 1.42 bits per heavy atom. The van der Waals surface area contributed by atoms with Crippen molar-refractivity contribution in [2.24, 2.45) is 0 Å². The molecule has 0 aliphatic heterocycles. The van der Waals surface area contributed by atoms with Crippen LogP contribution in [0.25, 0.3) is 0 Å². The van der Waals surface area contributed by atoms with E-state index in [-0.39, 0.29) is 5.97 Å². The molecular formula is C9H20NO2+. The van der Waals surface area contributed by atoms with Gasteiger partial charge in [0, 0.05) is 6.42 Å². The first-order valence-electron chi connectivity index (χ1n) is 4.34. The average Bonchev–Trinajstić information content (AvgIpc) is 1.97. The van der Waals surface area contributed by atoms with E-state index < -0.39 is 0 Å². The first-order chi connectivity index (χ1) is 5.38. The fourth-order valence-corrected chi connectivity index (χ4v) is 0.539. The number of ether oxygens (including phenoxy) is 1. The summed E-state index contributed by atoms with van der Waals surface area (Å²) in [6.45, 7) is 4.39. The molecule has 1 atom stereocenters. The Morgan fingerprint density at radius 2 is 1.92 bits per heavy atom. The van der Waals surface area contributed by atoms with Gasteiger partial charge in [0.1, 0.15) is 12.6 Å². The van der Waals surface area contributed by atoms with Gasteiger partial charge < -0.3 is 9.22 Å². The molecule has 0 aliphatic carbocycles. The lowest BCUT2D eigenvalue weighted by Crippen LogP contribution is -2.46. The number of esters is 1. The van der Waals surface area contributed by atoms with Crippen LogP contribution >= 0.6 is 0 Å². The molecule has 0 aromatic rings. The molecule has 0 heterocycles. The summed E-state index contributed by atoms with van der Waals surface area (Å²) >= 11 is 0. The van der Waals surface area contributed by atoms with E-state index in [1.54, 1.807) is 6.92 Å². The Hall–Kier alpha value is -0.570. The minimum absolute atomic E-state index is 0.115. The molecule has 72 valence electrons. The first-order valence-corrected chi connectivity index (χ1v) is 4.34. The summed E-state index contributed by atoms with van der Waals surface area (Å²) < 4.78 is 5.84. The van der Waals surface area contributed by atoms with Crippen molar-refractivity contribution in [3.05, 3.63) is 0 Å². The minimum atomic E-state index is -0.115. The van der Waals surface area contributed by atoms with Crippen molar-refractivity contribution in [3.8, 4) is 0 Å². The molecule has 0 fully saturated rings. The van der Waals surface area contributed by atoms with E-state index in [1.165, 1.54) is 0 Å². The van der Waals surface area contributed by atoms with Crippen LogP contribution in [-0.4, -0.2) is 44.2 Å². The lowest BCUT2D eigenvalue weighted by atomic mass is 10.3. The topological polar surface area (TPSA) is 26.3 Å². The molecule has 0 aromatic heterocycles. The summed E-state index contributed by atoms with van der Waals surface area (Å²) in [6.07, 6.45) is 0.462. The Labute approximate surface area is 74.9 Å². The Morgan fingerprint density at radius 3 is 2.25 bits per heavy atom.